The fourth-order valence-electron chi connectivity index (χ4n) is 0.423. The second-order valence-corrected chi connectivity index (χ2v) is 1.47. The molecule has 1 rings (SSSR count). The Labute approximate surface area is 53.0 Å². The largest absolute Gasteiger partial charge is 0.386 e. The maximum Gasteiger partial charge on any atom is 0.146 e. The highest BCUT2D eigenvalue weighted by atomic mass is 35.5. The molecule has 0 N–H and O–H groups in total. The van der Waals surface area contributed by atoms with Gasteiger partial charge in [0.15, 0.2) is 0 Å². The van der Waals surface area contributed by atoms with Crippen molar-refractivity contribution in [1.29, 1.82) is 0 Å². The second-order valence-electron chi connectivity index (χ2n) is 1.31. The molecule has 0 atom stereocenters. The maximum absolute atomic E-state index is 5.01. The first kappa shape index (κ1) is 5.45. The van der Waals surface area contributed by atoms with E-state index in [0.29, 0.717) is 5.75 Å². The molecule has 1 aromatic rings. The average molecular weight is 128 g/mol. The van der Waals surface area contributed by atoms with E-state index in [1.54, 1.807) is 24.3 Å². The van der Waals surface area contributed by atoms with Crippen LogP contribution in [0.25, 0.3) is 0 Å². The van der Waals surface area contributed by atoms with Gasteiger partial charge in [-0.3, -0.25) is 0 Å². The Balaban J connectivity index is 2.83. The minimum absolute atomic E-state index is 0.644. The Kier molecular flexibility index (Phi) is 1.75. The lowest BCUT2D eigenvalue weighted by Gasteiger charge is -1.89. The van der Waals surface area contributed by atoms with Crippen LogP contribution >= 0.6 is 11.9 Å². The number of benzene rings is 1. The summed E-state index contributed by atoms with van der Waals surface area (Å²) in [4.78, 5) is 0. The zero-order valence-corrected chi connectivity index (χ0v) is 4.85. The van der Waals surface area contributed by atoms with Crippen LogP contribution in [-0.4, -0.2) is 0 Å². The van der Waals surface area contributed by atoms with Gasteiger partial charge in [0.1, 0.15) is 17.6 Å². The molecule has 0 fully saturated rings. The number of halogens is 1. The van der Waals surface area contributed by atoms with Gasteiger partial charge in [0.2, 0.25) is 0 Å². The highest BCUT2D eigenvalue weighted by Crippen LogP contribution is 2.08. The number of hydrogen-bond acceptors (Lipinski definition) is 1. The van der Waals surface area contributed by atoms with Gasteiger partial charge < -0.3 is 4.29 Å². The standard InChI is InChI=1S/C6H4ClO/c7-8-6-4-2-1-3-5-6/h2-5H. The van der Waals surface area contributed by atoms with Crippen LogP contribution in [0.15, 0.2) is 24.3 Å². The molecule has 0 saturated carbocycles. The third-order valence-corrected chi connectivity index (χ3v) is 0.955. The van der Waals surface area contributed by atoms with Gasteiger partial charge in [-0.2, -0.15) is 0 Å². The summed E-state index contributed by atoms with van der Waals surface area (Å²) in [5.41, 5.74) is 0. The van der Waals surface area contributed by atoms with Crippen molar-refractivity contribution in [1.82, 2.24) is 0 Å². The zero-order valence-electron chi connectivity index (χ0n) is 4.10. The molecular weight excluding hydrogens is 124 g/mol. The van der Waals surface area contributed by atoms with Gasteiger partial charge in [-0.1, -0.05) is 12.1 Å². The van der Waals surface area contributed by atoms with Crippen LogP contribution < -0.4 is 4.29 Å². The van der Waals surface area contributed by atoms with Gasteiger partial charge in [0.05, 0.1) is 0 Å². The van der Waals surface area contributed by atoms with Crippen LogP contribution in [0.5, 0.6) is 5.75 Å². The molecule has 1 nitrogen and oxygen atoms in total. The summed E-state index contributed by atoms with van der Waals surface area (Å²) in [5, 5.41) is 0. The van der Waals surface area contributed by atoms with Crippen LogP contribution in [0.4, 0.5) is 0 Å². The predicted octanol–water partition coefficient (Wildman–Crippen LogP) is 2.02. The van der Waals surface area contributed by atoms with Crippen molar-refractivity contribution in [3.63, 3.8) is 0 Å². The fourth-order valence-corrected chi connectivity index (χ4v) is 0.526. The number of hydrogen-bond donors (Lipinski definition) is 0. The van der Waals surface area contributed by atoms with E-state index in [1.807, 2.05) is 0 Å². The normalized spacial score (nSPS) is 8.62. The van der Waals surface area contributed by atoms with Crippen LogP contribution in [0.2, 0.25) is 0 Å². The lowest BCUT2D eigenvalue weighted by atomic mass is 10.3. The zero-order chi connectivity index (χ0) is 5.82. The molecule has 0 amide bonds. The SMILES string of the molecule is ClOc1cc[c]cc1. The Bertz CT molecular complexity index is 150. The van der Waals surface area contributed by atoms with Crippen LogP contribution in [0.1, 0.15) is 0 Å². The molecule has 0 bridgehead atoms. The van der Waals surface area contributed by atoms with E-state index in [-0.39, 0.29) is 0 Å². The van der Waals surface area contributed by atoms with Gasteiger partial charge in [0, 0.05) is 0 Å². The first-order valence-electron chi connectivity index (χ1n) is 2.18. The third-order valence-electron chi connectivity index (χ3n) is 0.777. The summed E-state index contributed by atoms with van der Waals surface area (Å²) in [6.07, 6.45) is 0. The summed E-state index contributed by atoms with van der Waals surface area (Å²) in [6.45, 7) is 0. The quantitative estimate of drug-likeness (QED) is 0.561. The highest BCUT2D eigenvalue weighted by molar-refractivity contribution is 6.09. The van der Waals surface area contributed by atoms with E-state index >= 15 is 0 Å². The summed E-state index contributed by atoms with van der Waals surface area (Å²) in [7, 11) is 0. The molecule has 0 saturated heterocycles. The fraction of sp³-hybridized carbons (Fsp3) is 0. The molecule has 0 aliphatic heterocycles. The lowest BCUT2D eigenvalue weighted by molar-refractivity contribution is 0.619. The Morgan fingerprint density at radius 3 is 2.38 bits per heavy atom. The maximum atomic E-state index is 5.01. The molecule has 2 heteroatoms. The lowest BCUT2D eigenvalue weighted by Crippen LogP contribution is -1.69. The number of rotatable bonds is 1. The van der Waals surface area contributed by atoms with E-state index in [2.05, 4.69) is 10.4 Å². The summed E-state index contributed by atoms with van der Waals surface area (Å²) in [6, 6.07) is 9.75. The molecule has 8 heavy (non-hydrogen) atoms. The molecule has 0 unspecified atom stereocenters. The molecule has 0 spiro atoms. The van der Waals surface area contributed by atoms with Crippen molar-refractivity contribution >= 4 is 11.9 Å². The molecule has 0 aromatic heterocycles. The highest BCUT2D eigenvalue weighted by Gasteiger charge is 1.83. The predicted molar refractivity (Wildman–Crippen MR) is 31.8 cm³/mol. The van der Waals surface area contributed by atoms with Crippen molar-refractivity contribution in [2.45, 2.75) is 0 Å². The van der Waals surface area contributed by atoms with Crippen molar-refractivity contribution in [2.75, 3.05) is 0 Å². The molecule has 0 aliphatic rings. The Morgan fingerprint density at radius 2 is 2.00 bits per heavy atom. The second kappa shape index (κ2) is 2.58. The molecule has 1 radical (unpaired) electrons. The van der Waals surface area contributed by atoms with Crippen molar-refractivity contribution in [3.8, 4) is 5.75 Å². The first-order chi connectivity index (χ1) is 3.93. The van der Waals surface area contributed by atoms with Crippen molar-refractivity contribution in [3.05, 3.63) is 30.3 Å². The van der Waals surface area contributed by atoms with Crippen molar-refractivity contribution in [2.24, 2.45) is 0 Å². The van der Waals surface area contributed by atoms with Gasteiger partial charge >= 0.3 is 0 Å². The topological polar surface area (TPSA) is 9.23 Å². The summed E-state index contributed by atoms with van der Waals surface area (Å²) >= 11 is 5.01. The Morgan fingerprint density at radius 1 is 1.38 bits per heavy atom. The van der Waals surface area contributed by atoms with Gasteiger partial charge in [-0.05, 0) is 18.2 Å². The third kappa shape index (κ3) is 1.14. The molecule has 1 aromatic carbocycles. The van der Waals surface area contributed by atoms with Crippen LogP contribution in [-0.2, 0) is 0 Å². The minimum atomic E-state index is 0.644. The average Bonchev–Trinajstić information content (AvgIpc) is 1.90. The molecular formula is C6H4ClO. The summed E-state index contributed by atoms with van der Waals surface area (Å²) < 4.78 is 4.37. The van der Waals surface area contributed by atoms with E-state index in [0.717, 1.165) is 0 Å². The van der Waals surface area contributed by atoms with E-state index in [4.69, 9.17) is 11.9 Å². The Hall–Kier alpha value is -0.690. The van der Waals surface area contributed by atoms with Crippen LogP contribution in [0, 0.1) is 6.07 Å². The molecule has 0 aliphatic carbocycles. The molecule has 41 valence electrons. The monoisotopic (exact) mass is 127 g/mol. The van der Waals surface area contributed by atoms with E-state index < -0.39 is 0 Å². The summed E-state index contributed by atoms with van der Waals surface area (Å²) in [5.74, 6) is 0.644. The van der Waals surface area contributed by atoms with Gasteiger partial charge in [0.25, 0.3) is 0 Å². The van der Waals surface area contributed by atoms with Gasteiger partial charge in [-0.15, -0.1) is 0 Å². The first-order valence-corrected chi connectivity index (χ1v) is 2.49. The van der Waals surface area contributed by atoms with Gasteiger partial charge in [-0.25, -0.2) is 0 Å². The minimum Gasteiger partial charge on any atom is -0.386 e. The van der Waals surface area contributed by atoms with Crippen molar-refractivity contribution < 1.29 is 4.29 Å². The van der Waals surface area contributed by atoms with Crippen LogP contribution in [0.3, 0.4) is 0 Å². The van der Waals surface area contributed by atoms with E-state index in [9.17, 15) is 0 Å². The van der Waals surface area contributed by atoms with E-state index in [1.165, 1.54) is 0 Å². The smallest absolute Gasteiger partial charge is 0.146 e. The molecule has 0 heterocycles.